The molecule has 1 saturated carbocycles. The van der Waals surface area contributed by atoms with Crippen LogP contribution in [-0.4, -0.2) is 21.4 Å². The highest BCUT2D eigenvalue weighted by molar-refractivity contribution is 6.42. The summed E-state index contributed by atoms with van der Waals surface area (Å²) in [5.41, 5.74) is 0.763. The van der Waals surface area contributed by atoms with E-state index in [1.54, 1.807) is 18.2 Å². The zero-order valence-corrected chi connectivity index (χ0v) is 10.8. The van der Waals surface area contributed by atoms with Crippen LogP contribution < -0.4 is 0 Å². The van der Waals surface area contributed by atoms with Crippen LogP contribution in [0.4, 0.5) is 0 Å². The highest BCUT2D eigenvalue weighted by Gasteiger charge is 2.33. The maximum absolute atomic E-state index is 9.25. The lowest BCUT2D eigenvalue weighted by Gasteiger charge is -2.27. The Kier molecular flexibility index (Phi) is 3.01. The standard InChI is InChI=1S/C12H10Cl2N2O2/c13-9-2-1-6(5-10(9)14)11-15-12(18-16-11)7-3-8(17)4-7/h1-2,5,7-8,17H,3-4H2. The molecule has 3 rings (SSSR count). The third kappa shape index (κ3) is 2.11. The Balaban J connectivity index is 1.86. The van der Waals surface area contributed by atoms with Crippen molar-refractivity contribution < 1.29 is 9.63 Å². The lowest BCUT2D eigenvalue weighted by atomic mass is 9.82. The molecule has 1 fully saturated rings. The van der Waals surface area contributed by atoms with Crippen molar-refractivity contribution in [1.82, 2.24) is 10.1 Å². The van der Waals surface area contributed by atoms with Gasteiger partial charge >= 0.3 is 0 Å². The van der Waals surface area contributed by atoms with Crippen LogP contribution in [0.5, 0.6) is 0 Å². The van der Waals surface area contributed by atoms with Crippen LogP contribution in [0.15, 0.2) is 22.7 Å². The van der Waals surface area contributed by atoms with Gasteiger partial charge in [0.1, 0.15) is 0 Å². The Morgan fingerprint density at radius 3 is 2.67 bits per heavy atom. The first-order valence-electron chi connectivity index (χ1n) is 5.60. The van der Waals surface area contributed by atoms with Crippen LogP contribution in [-0.2, 0) is 0 Å². The van der Waals surface area contributed by atoms with Crippen LogP contribution in [0.2, 0.25) is 10.0 Å². The number of aliphatic hydroxyl groups is 1. The van der Waals surface area contributed by atoms with E-state index in [1.807, 2.05) is 0 Å². The van der Waals surface area contributed by atoms with E-state index < -0.39 is 0 Å². The van der Waals surface area contributed by atoms with Gasteiger partial charge in [0.2, 0.25) is 11.7 Å². The first-order chi connectivity index (χ1) is 8.63. The van der Waals surface area contributed by atoms with Crippen LogP contribution in [0.25, 0.3) is 11.4 Å². The quantitative estimate of drug-likeness (QED) is 0.919. The van der Waals surface area contributed by atoms with Gasteiger partial charge in [-0.3, -0.25) is 0 Å². The summed E-state index contributed by atoms with van der Waals surface area (Å²) in [6, 6.07) is 5.19. The van der Waals surface area contributed by atoms with Crippen LogP contribution in [0, 0.1) is 0 Å². The largest absolute Gasteiger partial charge is 0.393 e. The highest BCUT2D eigenvalue weighted by Crippen LogP contribution is 2.36. The highest BCUT2D eigenvalue weighted by atomic mass is 35.5. The molecule has 1 aliphatic carbocycles. The van der Waals surface area contributed by atoms with Crippen molar-refractivity contribution in [1.29, 1.82) is 0 Å². The van der Waals surface area contributed by atoms with Crippen molar-refractivity contribution in [3.8, 4) is 11.4 Å². The lowest BCUT2D eigenvalue weighted by molar-refractivity contribution is 0.0625. The minimum absolute atomic E-state index is 0.170. The zero-order valence-electron chi connectivity index (χ0n) is 9.31. The molecule has 0 atom stereocenters. The molecule has 1 heterocycles. The predicted molar refractivity (Wildman–Crippen MR) is 67.7 cm³/mol. The first-order valence-corrected chi connectivity index (χ1v) is 6.36. The molecule has 0 spiro atoms. The Bertz CT molecular complexity index is 579. The second-order valence-electron chi connectivity index (χ2n) is 4.41. The van der Waals surface area contributed by atoms with Crippen molar-refractivity contribution in [3.63, 3.8) is 0 Å². The lowest BCUT2D eigenvalue weighted by Crippen LogP contribution is -2.26. The van der Waals surface area contributed by atoms with E-state index in [0.29, 0.717) is 34.6 Å². The van der Waals surface area contributed by atoms with E-state index in [1.165, 1.54) is 0 Å². The molecule has 94 valence electrons. The van der Waals surface area contributed by atoms with Crippen molar-refractivity contribution in [2.45, 2.75) is 24.9 Å². The number of hydrogen-bond donors (Lipinski definition) is 1. The number of halogens is 2. The summed E-state index contributed by atoms with van der Waals surface area (Å²) < 4.78 is 5.19. The molecule has 0 unspecified atom stereocenters. The van der Waals surface area contributed by atoms with Crippen LogP contribution in [0.1, 0.15) is 24.7 Å². The number of hydrogen-bond acceptors (Lipinski definition) is 4. The number of aromatic nitrogens is 2. The zero-order chi connectivity index (χ0) is 12.7. The molecule has 0 bridgehead atoms. The number of nitrogens with zero attached hydrogens (tertiary/aromatic N) is 2. The molecule has 6 heteroatoms. The monoisotopic (exact) mass is 284 g/mol. The summed E-state index contributed by atoms with van der Waals surface area (Å²) in [6.07, 6.45) is 1.13. The van der Waals surface area contributed by atoms with Crippen LogP contribution >= 0.6 is 23.2 Å². The maximum atomic E-state index is 9.25. The smallest absolute Gasteiger partial charge is 0.230 e. The molecule has 1 aliphatic rings. The van der Waals surface area contributed by atoms with E-state index in [2.05, 4.69) is 10.1 Å². The first kappa shape index (κ1) is 12.0. The molecule has 0 amide bonds. The predicted octanol–water partition coefficient (Wildman–Crippen LogP) is 3.28. The van der Waals surface area contributed by atoms with Gasteiger partial charge in [-0.2, -0.15) is 4.98 Å². The number of aliphatic hydroxyl groups excluding tert-OH is 1. The van der Waals surface area contributed by atoms with Gasteiger partial charge in [-0.1, -0.05) is 28.4 Å². The number of rotatable bonds is 2. The molecule has 0 saturated heterocycles. The molecule has 4 nitrogen and oxygen atoms in total. The van der Waals surface area contributed by atoms with E-state index in [-0.39, 0.29) is 12.0 Å². The molecule has 1 aromatic carbocycles. The van der Waals surface area contributed by atoms with E-state index in [4.69, 9.17) is 27.7 Å². The molecule has 0 radical (unpaired) electrons. The van der Waals surface area contributed by atoms with Crippen LogP contribution in [0.3, 0.4) is 0 Å². The van der Waals surface area contributed by atoms with Gasteiger partial charge in [0.15, 0.2) is 0 Å². The normalized spacial score (nSPS) is 22.8. The fourth-order valence-electron chi connectivity index (χ4n) is 1.94. The Morgan fingerprint density at radius 2 is 2.00 bits per heavy atom. The Labute approximate surface area is 114 Å². The van der Waals surface area contributed by atoms with E-state index >= 15 is 0 Å². The fraction of sp³-hybridized carbons (Fsp3) is 0.333. The summed E-state index contributed by atoms with van der Waals surface area (Å²) >= 11 is 11.8. The van der Waals surface area contributed by atoms with Gasteiger partial charge in [-0.25, -0.2) is 0 Å². The molecule has 1 N–H and O–H groups in total. The average Bonchev–Trinajstić information content (AvgIpc) is 2.78. The van der Waals surface area contributed by atoms with Gasteiger partial charge in [0.25, 0.3) is 0 Å². The topological polar surface area (TPSA) is 59.2 Å². The third-order valence-electron chi connectivity index (χ3n) is 3.08. The summed E-state index contributed by atoms with van der Waals surface area (Å²) in [5, 5.41) is 14.1. The second kappa shape index (κ2) is 4.53. The van der Waals surface area contributed by atoms with Gasteiger partial charge < -0.3 is 9.63 Å². The number of benzene rings is 1. The minimum atomic E-state index is -0.240. The summed E-state index contributed by atoms with van der Waals surface area (Å²) in [5.74, 6) is 1.23. The van der Waals surface area contributed by atoms with Gasteiger partial charge in [0.05, 0.1) is 16.1 Å². The molecule has 2 aromatic rings. The summed E-state index contributed by atoms with van der Waals surface area (Å²) in [7, 11) is 0. The Morgan fingerprint density at radius 1 is 1.22 bits per heavy atom. The molecular weight excluding hydrogens is 275 g/mol. The van der Waals surface area contributed by atoms with Gasteiger partial charge in [-0.05, 0) is 31.0 Å². The fourth-order valence-corrected chi connectivity index (χ4v) is 2.24. The van der Waals surface area contributed by atoms with Crippen molar-refractivity contribution in [2.24, 2.45) is 0 Å². The molecule has 18 heavy (non-hydrogen) atoms. The van der Waals surface area contributed by atoms with Crippen molar-refractivity contribution >= 4 is 23.2 Å². The summed E-state index contributed by atoms with van der Waals surface area (Å²) in [4.78, 5) is 4.32. The van der Waals surface area contributed by atoms with E-state index in [0.717, 1.165) is 5.56 Å². The molecular formula is C12H10Cl2N2O2. The maximum Gasteiger partial charge on any atom is 0.230 e. The van der Waals surface area contributed by atoms with Gasteiger partial charge in [-0.15, -0.1) is 0 Å². The average molecular weight is 285 g/mol. The van der Waals surface area contributed by atoms with Gasteiger partial charge in [0, 0.05) is 11.5 Å². The van der Waals surface area contributed by atoms with Crippen molar-refractivity contribution in [2.75, 3.05) is 0 Å². The minimum Gasteiger partial charge on any atom is -0.393 e. The molecule has 1 aromatic heterocycles. The van der Waals surface area contributed by atoms with E-state index in [9.17, 15) is 5.11 Å². The SMILES string of the molecule is OC1CC(c2nc(-c3ccc(Cl)c(Cl)c3)no2)C1. The third-order valence-corrected chi connectivity index (χ3v) is 3.82. The van der Waals surface area contributed by atoms with Crippen molar-refractivity contribution in [3.05, 3.63) is 34.1 Å². The molecule has 0 aliphatic heterocycles. The summed E-state index contributed by atoms with van der Waals surface area (Å²) in [6.45, 7) is 0. The second-order valence-corrected chi connectivity index (χ2v) is 5.22. The Hall–Kier alpha value is -1.10.